The van der Waals surface area contributed by atoms with Crippen LogP contribution in [0.2, 0.25) is 0 Å². The van der Waals surface area contributed by atoms with Gasteiger partial charge in [0.2, 0.25) is 5.13 Å². The largest absolute Gasteiger partial charge is 0.324 e. The van der Waals surface area contributed by atoms with Crippen LogP contribution in [-0.4, -0.2) is 25.0 Å². The van der Waals surface area contributed by atoms with Gasteiger partial charge in [-0.2, -0.15) is 4.68 Å². The SMILES string of the molecule is NCc1ncn(-c2nncs2)n1. The van der Waals surface area contributed by atoms with Crippen LogP contribution in [0.3, 0.4) is 0 Å². The molecule has 2 rings (SSSR count). The molecule has 0 fully saturated rings. The van der Waals surface area contributed by atoms with E-state index in [0.717, 1.165) is 0 Å². The Morgan fingerprint density at radius 3 is 3.08 bits per heavy atom. The first-order valence-electron chi connectivity index (χ1n) is 3.27. The van der Waals surface area contributed by atoms with Gasteiger partial charge in [-0.1, -0.05) is 11.3 Å². The van der Waals surface area contributed by atoms with Gasteiger partial charge in [0, 0.05) is 0 Å². The summed E-state index contributed by atoms with van der Waals surface area (Å²) in [5.74, 6) is 0.602. The quantitative estimate of drug-likeness (QED) is 0.681. The number of nitrogens with zero attached hydrogens (tertiary/aromatic N) is 5. The second kappa shape index (κ2) is 2.95. The lowest BCUT2D eigenvalue weighted by Gasteiger charge is -1.88. The van der Waals surface area contributed by atoms with Crippen molar-refractivity contribution in [3.05, 3.63) is 17.7 Å². The van der Waals surface area contributed by atoms with Crippen LogP contribution in [0, 0.1) is 0 Å². The Hall–Kier alpha value is -1.34. The standard InChI is InChI=1S/C5H6N6S/c6-1-4-7-2-11(10-4)5-9-8-3-12-5/h2-3H,1,6H2. The normalized spacial score (nSPS) is 10.4. The van der Waals surface area contributed by atoms with Crippen molar-refractivity contribution < 1.29 is 0 Å². The van der Waals surface area contributed by atoms with Crippen molar-refractivity contribution >= 4 is 11.3 Å². The lowest BCUT2D eigenvalue weighted by Crippen LogP contribution is -2.00. The van der Waals surface area contributed by atoms with E-state index >= 15 is 0 Å². The van der Waals surface area contributed by atoms with Crippen LogP contribution >= 0.6 is 11.3 Å². The van der Waals surface area contributed by atoms with E-state index in [2.05, 4.69) is 20.3 Å². The zero-order valence-electron chi connectivity index (χ0n) is 6.08. The van der Waals surface area contributed by atoms with E-state index in [0.29, 0.717) is 17.5 Å². The summed E-state index contributed by atoms with van der Waals surface area (Å²) < 4.78 is 1.56. The van der Waals surface area contributed by atoms with Crippen molar-refractivity contribution in [3.8, 4) is 5.13 Å². The van der Waals surface area contributed by atoms with Crippen LogP contribution in [0.4, 0.5) is 0 Å². The third-order valence-electron chi connectivity index (χ3n) is 1.27. The summed E-state index contributed by atoms with van der Waals surface area (Å²) in [6.07, 6.45) is 1.57. The van der Waals surface area contributed by atoms with Crippen LogP contribution in [0.5, 0.6) is 0 Å². The van der Waals surface area contributed by atoms with Crippen molar-refractivity contribution in [1.29, 1.82) is 0 Å². The van der Waals surface area contributed by atoms with Gasteiger partial charge in [-0.15, -0.1) is 15.3 Å². The smallest absolute Gasteiger partial charge is 0.234 e. The van der Waals surface area contributed by atoms with E-state index in [9.17, 15) is 0 Å². The summed E-state index contributed by atoms with van der Waals surface area (Å²) in [6, 6.07) is 0. The monoisotopic (exact) mass is 182 g/mol. The Kier molecular flexibility index (Phi) is 1.80. The fraction of sp³-hybridized carbons (Fsp3) is 0.200. The molecule has 0 radical (unpaired) electrons. The summed E-state index contributed by atoms with van der Waals surface area (Å²) in [5, 5.41) is 12.3. The number of aromatic nitrogens is 5. The minimum absolute atomic E-state index is 0.339. The average Bonchev–Trinajstić information content (AvgIpc) is 2.75. The molecule has 0 atom stereocenters. The third kappa shape index (κ3) is 1.19. The highest BCUT2D eigenvalue weighted by Crippen LogP contribution is 2.06. The minimum Gasteiger partial charge on any atom is -0.324 e. The topological polar surface area (TPSA) is 82.5 Å². The predicted molar refractivity (Wildman–Crippen MR) is 42.7 cm³/mol. The van der Waals surface area contributed by atoms with Gasteiger partial charge >= 0.3 is 0 Å². The van der Waals surface area contributed by atoms with Crippen LogP contribution in [-0.2, 0) is 6.54 Å². The summed E-state index contributed by atoms with van der Waals surface area (Å²) in [7, 11) is 0. The van der Waals surface area contributed by atoms with Crippen LogP contribution in [0.1, 0.15) is 5.82 Å². The van der Waals surface area contributed by atoms with Crippen molar-refractivity contribution in [2.45, 2.75) is 6.54 Å². The first-order chi connectivity index (χ1) is 5.90. The van der Waals surface area contributed by atoms with Crippen molar-refractivity contribution in [2.24, 2.45) is 5.73 Å². The van der Waals surface area contributed by atoms with Crippen molar-refractivity contribution in [1.82, 2.24) is 25.0 Å². The molecular formula is C5H6N6S. The molecular weight excluding hydrogens is 176 g/mol. The molecule has 62 valence electrons. The molecule has 0 saturated heterocycles. The fourth-order valence-corrected chi connectivity index (χ4v) is 1.23. The predicted octanol–water partition coefficient (Wildman–Crippen LogP) is -0.423. The molecule has 0 bridgehead atoms. The molecule has 0 amide bonds. The average molecular weight is 182 g/mol. The van der Waals surface area contributed by atoms with Gasteiger partial charge in [0.1, 0.15) is 11.8 Å². The van der Waals surface area contributed by atoms with Gasteiger partial charge in [-0.05, 0) is 0 Å². The van der Waals surface area contributed by atoms with E-state index in [4.69, 9.17) is 5.73 Å². The summed E-state index contributed by atoms with van der Waals surface area (Å²) in [4.78, 5) is 3.96. The number of rotatable bonds is 2. The van der Waals surface area contributed by atoms with Crippen molar-refractivity contribution in [3.63, 3.8) is 0 Å². The Morgan fingerprint density at radius 2 is 2.50 bits per heavy atom. The second-order valence-electron chi connectivity index (χ2n) is 2.03. The van der Waals surface area contributed by atoms with E-state index < -0.39 is 0 Å². The number of hydrogen-bond acceptors (Lipinski definition) is 6. The zero-order chi connectivity index (χ0) is 8.39. The van der Waals surface area contributed by atoms with Crippen LogP contribution < -0.4 is 5.73 Å². The Morgan fingerprint density at radius 1 is 1.58 bits per heavy atom. The van der Waals surface area contributed by atoms with Gasteiger partial charge in [0.15, 0.2) is 5.82 Å². The molecule has 2 N–H and O–H groups in total. The van der Waals surface area contributed by atoms with Gasteiger partial charge in [0.05, 0.1) is 6.54 Å². The Bertz CT molecular complexity index is 352. The first-order valence-corrected chi connectivity index (χ1v) is 4.15. The molecule has 0 aliphatic rings. The molecule has 0 saturated carbocycles. The third-order valence-corrected chi connectivity index (χ3v) is 1.95. The summed E-state index contributed by atoms with van der Waals surface area (Å²) in [5.41, 5.74) is 6.98. The van der Waals surface area contributed by atoms with E-state index in [1.165, 1.54) is 11.3 Å². The lowest BCUT2D eigenvalue weighted by molar-refractivity contribution is 0.810. The molecule has 0 aromatic carbocycles. The Labute approximate surface area is 72.1 Å². The fourth-order valence-electron chi connectivity index (χ4n) is 0.750. The molecule has 7 heteroatoms. The molecule has 6 nitrogen and oxygen atoms in total. The van der Waals surface area contributed by atoms with Crippen LogP contribution in [0.15, 0.2) is 11.8 Å². The van der Waals surface area contributed by atoms with E-state index in [1.54, 1.807) is 16.5 Å². The van der Waals surface area contributed by atoms with Gasteiger partial charge < -0.3 is 5.73 Å². The van der Waals surface area contributed by atoms with E-state index in [1.807, 2.05) is 0 Å². The highest BCUT2D eigenvalue weighted by Gasteiger charge is 2.02. The number of hydrogen-bond donors (Lipinski definition) is 1. The minimum atomic E-state index is 0.339. The maximum absolute atomic E-state index is 5.35. The zero-order valence-corrected chi connectivity index (χ0v) is 6.90. The first kappa shape index (κ1) is 7.32. The van der Waals surface area contributed by atoms with Crippen molar-refractivity contribution in [2.75, 3.05) is 0 Å². The molecule has 0 spiro atoms. The van der Waals surface area contributed by atoms with Gasteiger partial charge in [-0.25, -0.2) is 4.98 Å². The highest BCUT2D eigenvalue weighted by molar-refractivity contribution is 7.11. The molecule has 2 heterocycles. The molecule has 2 aromatic heterocycles. The van der Waals surface area contributed by atoms with Crippen LogP contribution in [0.25, 0.3) is 5.13 Å². The molecule has 12 heavy (non-hydrogen) atoms. The molecule has 0 aliphatic heterocycles. The maximum atomic E-state index is 5.35. The molecule has 0 unspecified atom stereocenters. The van der Waals surface area contributed by atoms with Gasteiger partial charge in [0.25, 0.3) is 0 Å². The summed E-state index contributed by atoms with van der Waals surface area (Å²) >= 11 is 1.40. The lowest BCUT2D eigenvalue weighted by atomic mass is 10.6. The maximum Gasteiger partial charge on any atom is 0.234 e. The summed E-state index contributed by atoms with van der Waals surface area (Å²) in [6.45, 7) is 0.339. The second-order valence-corrected chi connectivity index (χ2v) is 2.84. The van der Waals surface area contributed by atoms with Gasteiger partial charge in [-0.3, -0.25) is 0 Å². The molecule has 0 aliphatic carbocycles. The number of nitrogens with two attached hydrogens (primary N) is 1. The van der Waals surface area contributed by atoms with E-state index in [-0.39, 0.29) is 0 Å². The Balaban J connectivity index is 2.35. The highest BCUT2D eigenvalue weighted by atomic mass is 32.1. The molecule has 2 aromatic rings.